The van der Waals surface area contributed by atoms with Crippen molar-refractivity contribution < 1.29 is 9.53 Å². The van der Waals surface area contributed by atoms with Gasteiger partial charge in [-0.25, -0.2) is 9.97 Å². The minimum Gasteiger partial charge on any atom is -0.456 e. The minimum absolute atomic E-state index is 0.197. The predicted octanol–water partition coefficient (Wildman–Crippen LogP) is 4.53. The van der Waals surface area contributed by atoms with Gasteiger partial charge in [-0.05, 0) is 49.2 Å². The highest BCUT2D eigenvalue weighted by molar-refractivity contribution is 6.00. The molecule has 32 heavy (non-hydrogen) atoms. The molecule has 0 spiro atoms. The van der Waals surface area contributed by atoms with E-state index in [0.717, 1.165) is 16.9 Å². The van der Waals surface area contributed by atoms with Crippen LogP contribution in [0.4, 0.5) is 5.69 Å². The van der Waals surface area contributed by atoms with E-state index in [1.165, 1.54) is 23.2 Å². The molecule has 160 valence electrons. The molecule has 0 saturated carbocycles. The van der Waals surface area contributed by atoms with Gasteiger partial charge in [-0.2, -0.15) is 0 Å². The van der Waals surface area contributed by atoms with Gasteiger partial charge in [0.25, 0.3) is 5.56 Å². The first-order chi connectivity index (χ1) is 15.4. The van der Waals surface area contributed by atoms with E-state index in [1.807, 2.05) is 32.0 Å². The Labute approximate surface area is 185 Å². The molecule has 0 bridgehead atoms. The van der Waals surface area contributed by atoms with E-state index in [0.29, 0.717) is 33.5 Å². The van der Waals surface area contributed by atoms with Crippen molar-refractivity contribution in [3.8, 4) is 22.6 Å². The van der Waals surface area contributed by atoms with Gasteiger partial charge in [0.2, 0.25) is 5.91 Å². The van der Waals surface area contributed by atoms with Crippen LogP contribution in [0.15, 0.2) is 72.6 Å². The molecule has 2 aromatic carbocycles. The second-order valence-electron chi connectivity index (χ2n) is 7.47. The number of fused-ring (bicyclic) bond motifs is 1. The second kappa shape index (κ2) is 8.47. The lowest BCUT2D eigenvalue weighted by Gasteiger charge is -2.17. The molecule has 7 nitrogen and oxygen atoms in total. The van der Waals surface area contributed by atoms with Gasteiger partial charge in [-0.15, -0.1) is 0 Å². The zero-order valence-corrected chi connectivity index (χ0v) is 18.0. The molecule has 7 heteroatoms. The van der Waals surface area contributed by atoms with Crippen LogP contribution < -0.4 is 15.6 Å². The zero-order valence-electron chi connectivity index (χ0n) is 18.0. The number of nitrogens with one attached hydrogen (secondary N) is 1. The van der Waals surface area contributed by atoms with E-state index >= 15 is 0 Å². The average Bonchev–Trinajstić information content (AvgIpc) is 2.79. The standard InChI is InChI=1S/C25H22N4O3/c1-5-22(30)28-17-9-10-21(32-24-15(2)7-6-8-16(24)3)18(11-17)20-13-29(4)25(31)19-12-26-14-27-23(19)20/h5-14H,1H2,2-4H3,(H,28,30). The minimum atomic E-state index is -0.327. The third-order valence-corrected chi connectivity index (χ3v) is 5.18. The summed E-state index contributed by atoms with van der Waals surface area (Å²) in [5.41, 5.74) is 4.21. The number of para-hydroxylation sites is 1. The van der Waals surface area contributed by atoms with E-state index in [2.05, 4.69) is 21.9 Å². The molecule has 0 aliphatic carbocycles. The van der Waals surface area contributed by atoms with Gasteiger partial charge in [0.05, 0.1) is 10.9 Å². The molecular formula is C25H22N4O3. The highest BCUT2D eigenvalue weighted by atomic mass is 16.5. The van der Waals surface area contributed by atoms with Crippen molar-refractivity contribution in [2.24, 2.45) is 7.05 Å². The topological polar surface area (TPSA) is 86.1 Å². The summed E-state index contributed by atoms with van der Waals surface area (Å²) in [5, 5.41) is 3.17. The van der Waals surface area contributed by atoms with Gasteiger partial charge < -0.3 is 14.6 Å². The number of aryl methyl sites for hydroxylation is 3. The normalized spacial score (nSPS) is 10.7. The van der Waals surface area contributed by atoms with Gasteiger partial charge in [-0.1, -0.05) is 24.8 Å². The lowest BCUT2D eigenvalue weighted by molar-refractivity contribution is -0.111. The Hall–Kier alpha value is -4.26. The number of nitrogens with zero attached hydrogens (tertiary/aromatic N) is 3. The van der Waals surface area contributed by atoms with Crippen molar-refractivity contribution in [1.82, 2.24) is 14.5 Å². The largest absolute Gasteiger partial charge is 0.456 e. The first-order valence-electron chi connectivity index (χ1n) is 10.0. The Kier molecular flexibility index (Phi) is 5.55. The van der Waals surface area contributed by atoms with Gasteiger partial charge in [0, 0.05) is 36.3 Å². The van der Waals surface area contributed by atoms with Crippen LogP contribution in [0.2, 0.25) is 0 Å². The van der Waals surface area contributed by atoms with E-state index in [1.54, 1.807) is 31.4 Å². The monoisotopic (exact) mass is 426 g/mol. The second-order valence-corrected chi connectivity index (χ2v) is 7.47. The number of ether oxygens (including phenoxy) is 1. The molecule has 2 aromatic heterocycles. The number of pyridine rings is 1. The number of benzene rings is 2. The average molecular weight is 426 g/mol. The summed E-state index contributed by atoms with van der Waals surface area (Å²) in [6, 6.07) is 11.3. The van der Waals surface area contributed by atoms with Gasteiger partial charge >= 0.3 is 0 Å². The Morgan fingerprint density at radius 3 is 2.62 bits per heavy atom. The van der Waals surface area contributed by atoms with Gasteiger partial charge in [-0.3, -0.25) is 9.59 Å². The van der Waals surface area contributed by atoms with E-state index in [-0.39, 0.29) is 11.5 Å². The SMILES string of the molecule is C=CC(=O)Nc1ccc(Oc2c(C)cccc2C)c(-c2cn(C)c(=O)c3cncnc23)c1. The molecule has 1 amide bonds. The Balaban J connectivity index is 1.97. The van der Waals surface area contributed by atoms with Crippen LogP contribution in [-0.4, -0.2) is 20.4 Å². The van der Waals surface area contributed by atoms with Crippen LogP contribution in [0.5, 0.6) is 11.5 Å². The lowest BCUT2D eigenvalue weighted by Crippen LogP contribution is -2.17. The first kappa shape index (κ1) is 21.0. The lowest BCUT2D eigenvalue weighted by atomic mass is 10.0. The van der Waals surface area contributed by atoms with Crippen LogP contribution in [0.3, 0.4) is 0 Å². The number of aromatic nitrogens is 3. The number of amides is 1. The molecule has 0 fully saturated rings. The van der Waals surface area contributed by atoms with Crippen LogP contribution in [0, 0.1) is 13.8 Å². The fraction of sp³-hybridized carbons (Fsp3) is 0.120. The summed E-state index contributed by atoms with van der Waals surface area (Å²) in [4.78, 5) is 32.9. The summed E-state index contributed by atoms with van der Waals surface area (Å²) >= 11 is 0. The van der Waals surface area contributed by atoms with Crippen LogP contribution >= 0.6 is 0 Å². The van der Waals surface area contributed by atoms with Crippen molar-refractivity contribution in [2.45, 2.75) is 13.8 Å². The summed E-state index contributed by atoms with van der Waals surface area (Å²) in [6.07, 6.45) is 5.82. The molecule has 0 unspecified atom stereocenters. The smallest absolute Gasteiger partial charge is 0.261 e. The maximum Gasteiger partial charge on any atom is 0.261 e. The maximum absolute atomic E-state index is 12.6. The van der Waals surface area contributed by atoms with Crippen LogP contribution in [0.1, 0.15) is 11.1 Å². The molecule has 4 aromatic rings. The van der Waals surface area contributed by atoms with E-state index in [9.17, 15) is 9.59 Å². The van der Waals surface area contributed by atoms with Crippen molar-refractivity contribution in [3.63, 3.8) is 0 Å². The zero-order chi connectivity index (χ0) is 22.8. The molecule has 2 heterocycles. The van der Waals surface area contributed by atoms with Crippen molar-refractivity contribution >= 4 is 22.5 Å². The van der Waals surface area contributed by atoms with E-state index in [4.69, 9.17) is 4.74 Å². The van der Waals surface area contributed by atoms with Crippen LogP contribution in [0.25, 0.3) is 22.0 Å². The van der Waals surface area contributed by atoms with Gasteiger partial charge in [0.1, 0.15) is 17.8 Å². The molecular weight excluding hydrogens is 404 g/mol. The summed E-state index contributed by atoms with van der Waals surface area (Å²) in [5.74, 6) is 0.991. The highest BCUT2D eigenvalue weighted by Gasteiger charge is 2.17. The Bertz CT molecular complexity index is 1400. The number of carbonyl (C=O) groups is 1. The van der Waals surface area contributed by atoms with Gasteiger partial charge in [0.15, 0.2) is 0 Å². The van der Waals surface area contributed by atoms with E-state index < -0.39 is 0 Å². The third-order valence-electron chi connectivity index (χ3n) is 5.18. The number of anilines is 1. The fourth-order valence-corrected chi connectivity index (χ4v) is 3.57. The van der Waals surface area contributed by atoms with Crippen molar-refractivity contribution in [1.29, 1.82) is 0 Å². The highest BCUT2D eigenvalue weighted by Crippen LogP contribution is 2.39. The number of rotatable bonds is 5. The Morgan fingerprint density at radius 2 is 1.91 bits per heavy atom. The number of carbonyl (C=O) groups excluding carboxylic acids is 1. The summed E-state index contributed by atoms with van der Waals surface area (Å²) in [7, 11) is 1.67. The number of hydrogen-bond donors (Lipinski definition) is 1. The van der Waals surface area contributed by atoms with Crippen molar-refractivity contribution in [3.05, 3.63) is 89.3 Å². The molecule has 4 rings (SSSR count). The quantitative estimate of drug-likeness (QED) is 0.474. The Morgan fingerprint density at radius 1 is 1.16 bits per heavy atom. The molecule has 0 radical (unpaired) electrons. The molecule has 0 atom stereocenters. The third kappa shape index (κ3) is 3.88. The van der Waals surface area contributed by atoms with Crippen LogP contribution in [-0.2, 0) is 11.8 Å². The first-order valence-corrected chi connectivity index (χ1v) is 10.0. The molecule has 0 aliphatic heterocycles. The molecule has 1 N–H and O–H groups in total. The summed E-state index contributed by atoms with van der Waals surface area (Å²) < 4.78 is 7.85. The predicted molar refractivity (Wildman–Crippen MR) is 125 cm³/mol. The molecule has 0 saturated heterocycles. The fourth-order valence-electron chi connectivity index (χ4n) is 3.57. The summed E-state index contributed by atoms with van der Waals surface area (Å²) in [6.45, 7) is 7.46. The maximum atomic E-state index is 12.6. The van der Waals surface area contributed by atoms with Crippen molar-refractivity contribution in [2.75, 3.05) is 5.32 Å². The molecule has 0 aliphatic rings. The number of hydrogen-bond acceptors (Lipinski definition) is 5.